The molecule has 0 aromatic heterocycles. The zero-order valence-electron chi connectivity index (χ0n) is 7.17. The molecule has 71 valence electrons. The van der Waals surface area contributed by atoms with Crippen molar-refractivity contribution in [2.45, 2.75) is 0 Å². The highest BCUT2D eigenvalue weighted by molar-refractivity contribution is 8.14. The molecular weight excluding hydrogens is 200 g/mol. The van der Waals surface area contributed by atoms with Crippen molar-refractivity contribution in [3.63, 3.8) is 0 Å². The van der Waals surface area contributed by atoms with E-state index in [-0.39, 0.29) is 5.75 Å². The smallest absolute Gasteiger partial charge is 0.313 e. The molecule has 0 saturated heterocycles. The van der Waals surface area contributed by atoms with Crippen LogP contribution in [0.15, 0.2) is 29.3 Å². The summed E-state index contributed by atoms with van der Waals surface area (Å²) in [6.07, 6.45) is 0. The zero-order chi connectivity index (χ0) is 9.97. The summed E-state index contributed by atoms with van der Waals surface area (Å²) < 4.78 is 0. The van der Waals surface area contributed by atoms with Crippen LogP contribution in [0.1, 0.15) is 0 Å². The molecule has 4 nitrogen and oxygen atoms in total. The van der Waals surface area contributed by atoms with Gasteiger partial charge in [0.25, 0.3) is 0 Å². The fourth-order valence-electron chi connectivity index (χ4n) is 1.08. The van der Waals surface area contributed by atoms with E-state index in [1.54, 1.807) is 0 Å². The lowest BCUT2D eigenvalue weighted by Crippen LogP contribution is -2.06. The number of carboxylic acids is 1. The molecule has 0 amide bonds. The molecule has 1 heterocycles. The number of fused-ring (bicyclic) bond motifs is 1. The van der Waals surface area contributed by atoms with Crippen molar-refractivity contribution in [1.82, 2.24) is 5.32 Å². The highest BCUT2D eigenvalue weighted by atomic mass is 32.2. The van der Waals surface area contributed by atoms with Crippen molar-refractivity contribution >= 4 is 34.3 Å². The molecular formula is C9H7N2O2S. The van der Waals surface area contributed by atoms with Gasteiger partial charge in [0.2, 0.25) is 0 Å². The maximum absolute atomic E-state index is 10.3. The van der Waals surface area contributed by atoms with E-state index in [1.807, 2.05) is 24.3 Å². The zero-order valence-corrected chi connectivity index (χ0v) is 7.99. The van der Waals surface area contributed by atoms with Crippen molar-refractivity contribution < 1.29 is 9.90 Å². The van der Waals surface area contributed by atoms with E-state index in [9.17, 15) is 4.79 Å². The Balaban J connectivity index is 2.05. The van der Waals surface area contributed by atoms with Gasteiger partial charge in [-0.3, -0.25) is 4.79 Å². The summed E-state index contributed by atoms with van der Waals surface area (Å²) in [7, 11) is 0. The van der Waals surface area contributed by atoms with E-state index in [0.717, 1.165) is 23.1 Å². The van der Waals surface area contributed by atoms with E-state index >= 15 is 0 Å². The molecule has 1 N–H and O–H groups in total. The number of carbonyl (C=O) groups is 1. The first-order chi connectivity index (χ1) is 6.75. The van der Waals surface area contributed by atoms with Crippen LogP contribution in [0.4, 0.5) is 11.4 Å². The van der Waals surface area contributed by atoms with Crippen LogP contribution in [0.5, 0.6) is 0 Å². The Kier molecular flexibility index (Phi) is 2.41. The Morgan fingerprint density at radius 3 is 2.71 bits per heavy atom. The average Bonchev–Trinajstić information content (AvgIpc) is 2.57. The van der Waals surface area contributed by atoms with Crippen LogP contribution in [0.25, 0.3) is 0 Å². The Morgan fingerprint density at radius 1 is 1.36 bits per heavy atom. The first kappa shape index (κ1) is 9.08. The predicted octanol–water partition coefficient (Wildman–Crippen LogP) is 1.74. The molecule has 0 fully saturated rings. The number of para-hydroxylation sites is 2. The van der Waals surface area contributed by atoms with Crippen LogP contribution < -0.4 is 5.32 Å². The van der Waals surface area contributed by atoms with Gasteiger partial charge in [-0.15, -0.1) is 0 Å². The Bertz CT molecular complexity index is 404. The lowest BCUT2D eigenvalue weighted by atomic mass is 10.3. The second-order valence-electron chi connectivity index (χ2n) is 2.68. The van der Waals surface area contributed by atoms with Gasteiger partial charge in [0.1, 0.15) is 0 Å². The second kappa shape index (κ2) is 3.71. The lowest BCUT2D eigenvalue weighted by molar-refractivity contribution is -0.133. The van der Waals surface area contributed by atoms with Gasteiger partial charge >= 0.3 is 5.97 Å². The lowest BCUT2D eigenvalue weighted by Gasteiger charge is -1.95. The molecule has 0 saturated carbocycles. The largest absolute Gasteiger partial charge is 0.481 e. The summed E-state index contributed by atoms with van der Waals surface area (Å²) in [5, 5.41) is 13.2. The van der Waals surface area contributed by atoms with E-state index in [2.05, 4.69) is 10.3 Å². The van der Waals surface area contributed by atoms with Gasteiger partial charge < -0.3 is 5.11 Å². The molecule has 1 aromatic rings. The number of benzene rings is 1. The van der Waals surface area contributed by atoms with Gasteiger partial charge in [-0.2, -0.15) is 0 Å². The van der Waals surface area contributed by atoms with Crippen LogP contribution in [0, 0.1) is 0 Å². The van der Waals surface area contributed by atoms with Crippen molar-refractivity contribution in [3.05, 3.63) is 24.3 Å². The van der Waals surface area contributed by atoms with E-state index < -0.39 is 5.97 Å². The molecule has 1 radical (unpaired) electrons. The summed E-state index contributed by atoms with van der Waals surface area (Å²) in [5.74, 6) is -0.861. The number of aliphatic carboxylic acids is 1. The summed E-state index contributed by atoms with van der Waals surface area (Å²) in [6, 6.07) is 7.46. The SMILES string of the molecule is O=C(O)CSC1=Nc2ccccc2[N]1. The van der Waals surface area contributed by atoms with Crippen molar-refractivity contribution in [3.8, 4) is 0 Å². The molecule has 0 atom stereocenters. The third-order valence-electron chi connectivity index (χ3n) is 1.64. The fourth-order valence-corrected chi connectivity index (χ4v) is 1.65. The number of hydrogen-bond donors (Lipinski definition) is 1. The predicted molar refractivity (Wildman–Crippen MR) is 55.4 cm³/mol. The minimum absolute atomic E-state index is 0.00365. The van der Waals surface area contributed by atoms with Crippen LogP contribution in [0.2, 0.25) is 0 Å². The van der Waals surface area contributed by atoms with Gasteiger partial charge in [0.05, 0.1) is 17.1 Å². The first-order valence-corrected chi connectivity index (χ1v) is 4.98. The van der Waals surface area contributed by atoms with Gasteiger partial charge in [-0.1, -0.05) is 23.9 Å². The molecule has 1 aliphatic heterocycles. The number of amidine groups is 1. The fraction of sp³-hybridized carbons (Fsp3) is 0.111. The van der Waals surface area contributed by atoms with Gasteiger partial charge in [-0.25, -0.2) is 10.3 Å². The topological polar surface area (TPSA) is 63.8 Å². The normalized spacial score (nSPS) is 13.0. The van der Waals surface area contributed by atoms with Crippen LogP contribution in [0.3, 0.4) is 0 Å². The molecule has 1 aliphatic rings. The van der Waals surface area contributed by atoms with Crippen molar-refractivity contribution in [2.75, 3.05) is 5.75 Å². The molecule has 1 aromatic carbocycles. The van der Waals surface area contributed by atoms with Crippen molar-refractivity contribution in [1.29, 1.82) is 0 Å². The number of nitrogens with zero attached hydrogens (tertiary/aromatic N) is 2. The van der Waals surface area contributed by atoms with E-state index in [0.29, 0.717) is 5.17 Å². The number of carboxylic acid groups (broad SMARTS) is 1. The number of hydrogen-bond acceptors (Lipinski definition) is 3. The van der Waals surface area contributed by atoms with Gasteiger partial charge in [0, 0.05) is 0 Å². The van der Waals surface area contributed by atoms with E-state index in [1.165, 1.54) is 0 Å². The van der Waals surface area contributed by atoms with Crippen LogP contribution in [-0.2, 0) is 4.79 Å². The highest BCUT2D eigenvalue weighted by Crippen LogP contribution is 2.32. The minimum Gasteiger partial charge on any atom is -0.481 e. The molecule has 0 bridgehead atoms. The molecule has 0 unspecified atom stereocenters. The van der Waals surface area contributed by atoms with Gasteiger partial charge in [-0.05, 0) is 12.1 Å². The molecule has 14 heavy (non-hydrogen) atoms. The average molecular weight is 207 g/mol. The summed E-state index contributed by atoms with van der Waals surface area (Å²) in [4.78, 5) is 14.5. The third-order valence-corrected chi connectivity index (χ3v) is 2.47. The van der Waals surface area contributed by atoms with Crippen molar-refractivity contribution in [2.24, 2.45) is 4.99 Å². The van der Waals surface area contributed by atoms with Gasteiger partial charge in [0.15, 0.2) is 5.17 Å². The van der Waals surface area contributed by atoms with Crippen LogP contribution >= 0.6 is 11.8 Å². The number of thioether (sulfide) groups is 1. The third kappa shape index (κ3) is 1.88. The molecule has 5 heteroatoms. The van der Waals surface area contributed by atoms with Crippen LogP contribution in [-0.4, -0.2) is 22.0 Å². The molecule has 0 spiro atoms. The standard InChI is InChI=1S/C9H7N2O2S/c12-8(13)5-14-9-10-6-3-1-2-4-7(6)11-9/h1-4H,5H2,(H,12,13). The maximum atomic E-state index is 10.3. The summed E-state index contributed by atoms with van der Waals surface area (Å²) >= 11 is 1.13. The monoisotopic (exact) mass is 207 g/mol. The summed E-state index contributed by atoms with van der Waals surface area (Å²) in [5.41, 5.74) is 1.61. The Hall–Kier alpha value is -1.49. The quantitative estimate of drug-likeness (QED) is 0.803. The summed E-state index contributed by atoms with van der Waals surface area (Å²) in [6.45, 7) is 0. The highest BCUT2D eigenvalue weighted by Gasteiger charge is 2.15. The maximum Gasteiger partial charge on any atom is 0.313 e. The minimum atomic E-state index is -0.858. The second-order valence-corrected chi connectivity index (χ2v) is 3.62. The molecule has 2 rings (SSSR count). The number of rotatable bonds is 2. The Morgan fingerprint density at radius 2 is 2.07 bits per heavy atom. The number of aliphatic imine (C=N–C) groups is 1. The Labute approximate surface area is 85.0 Å². The van der Waals surface area contributed by atoms with E-state index in [4.69, 9.17) is 5.11 Å². The molecule has 0 aliphatic carbocycles. The first-order valence-electron chi connectivity index (χ1n) is 4.00.